The fraction of sp³-hybridized carbons (Fsp3) is 0.357. The molecule has 1 aromatic carbocycles. The SMILES string of the molecule is CC(C)(C)c1ccc(-c2nnc(SCC(N)=O)n2N)cc1. The summed E-state index contributed by atoms with van der Waals surface area (Å²) >= 11 is 1.17. The van der Waals surface area contributed by atoms with E-state index in [9.17, 15) is 4.79 Å². The Labute approximate surface area is 127 Å². The third-order valence-electron chi connectivity index (χ3n) is 3.02. The first kappa shape index (κ1) is 15.4. The number of thioether (sulfide) groups is 1. The number of rotatable bonds is 4. The summed E-state index contributed by atoms with van der Waals surface area (Å²) in [6, 6.07) is 8.05. The van der Waals surface area contributed by atoms with Crippen LogP contribution in [-0.2, 0) is 10.2 Å². The second-order valence-corrected chi connectivity index (χ2v) is 6.70. The summed E-state index contributed by atoms with van der Waals surface area (Å²) in [5.74, 6) is 6.23. The second-order valence-electron chi connectivity index (χ2n) is 5.76. The molecule has 0 aliphatic carbocycles. The molecule has 0 saturated heterocycles. The number of nitrogens with two attached hydrogens (primary N) is 2. The molecule has 2 rings (SSSR count). The lowest BCUT2D eigenvalue weighted by Crippen LogP contribution is -2.16. The van der Waals surface area contributed by atoms with Crippen LogP contribution in [0.4, 0.5) is 0 Å². The van der Waals surface area contributed by atoms with Crippen LogP contribution >= 0.6 is 11.8 Å². The molecule has 0 aliphatic heterocycles. The maximum Gasteiger partial charge on any atom is 0.227 e. The van der Waals surface area contributed by atoms with Crippen LogP contribution in [0.15, 0.2) is 29.4 Å². The van der Waals surface area contributed by atoms with Gasteiger partial charge in [0.15, 0.2) is 5.82 Å². The van der Waals surface area contributed by atoms with Gasteiger partial charge in [-0.15, -0.1) is 10.2 Å². The van der Waals surface area contributed by atoms with Crippen LogP contribution in [0, 0.1) is 0 Å². The standard InChI is InChI=1S/C14H19N5OS/c1-14(2,3)10-6-4-9(5-7-10)12-17-18-13(19(12)16)21-8-11(15)20/h4-7H,8,16H2,1-3H3,(H2,15,20). The fourth-order valence-corrected chi connectivity index (χ4v) is 2.42. The number of nitrogens with zero attached hydrogens (tertiary/aromatic N) is 3. The Hall–Kier alpha value is -2.02. The fourth-order valence-electron chi connectivity index (χ4n) is 1.83. The van der Waals surface area contributed by atoms with Crippen LogP contribution in [-0.4, -0.2) is 26.5 Å². The summed E-state index contributed by atoms with van der Waals surface area (Å²) < 4.78 is 1.37. The molecule has 2 aromatic rings. The molecule has 0 saturated carbocycles. The lowest BCUT2D eigenvalue weighted by atomic mass is 9.87. The number of amides is 1. The molecule has 0 unspecified atom stereocenters. The van der Waals surface area contributed by atoms with E-state index >= 15 is 0 Å². The van der Waals surface area contributed by atoms with Gasteiger partial charge in [-0.3, -0.25) is 4.79 Å². The average Bonchev–Trinajstić information content (AvgIpc) is 2.77. The maximum atomic E-state index is 10.8. The average molecular weight is 305 g/mol. The van der Waals surface area contributed by atoms with E-state index in [-0.39, 0.29) is 11.2 Å². The van der Waals surface area contributed by atoms with Gasteiger partial charge in [0, 0.05) is 5.56 Å². The van der Waals surface area contributed by atoms with E-state index in [1.807, 2.05) is 12.1 Å². The van der Waals surface area contributed by atoms with Crippen molar-refractivity contribution in [2.75, 3.05) is 11.6 Å². The van der Waals surface area contributed by atoms with Crippen LogP contribution in [0.3, 0.4) is 0 Å². The Morgan fingerprint density at radius 1 is 1.24 bits per heavy atom. The third-order valence-corrected chi connectivity index (χ3v) is 3.98. The highest BCUT2D eigenvalue weighted by Gasteiger charge is 2.16. The first-order chi connectivity index (χ1) is 9.79. The summed E-state index contributed by atoms with van der Waals surface area (Å²) in [5.41, 5.74) is 7.31. The van der Waals surface area contributed by atoms with Crippen molar-refractivity contribution in [2.24, 2.45) is 5.73 Å². The van der Waals surface area contributed by atoms with Gasteiger partial charge in [-0.1, -0.05) is 56.8 Å². The molecule has 0 atom stereocenters. The molecule has 0 bridgehead atoms. The van der Waals surface area contributed by atoms with Gasteiger partial charge in [-0.05, 0) is 11.0 Å². The van der Waals surface area contributed by atoms with Gasteiger partial charge in [-0.25, -0.2) is 4.68 Å². The van der Waals surface area contributed by atoms with Gasteiger partial charge in [0.25, 0.3) is 0 Å². The molecule has 0 radical (unpaired) electrons. The second kappa shape index (κ2) is 5.77. The lowest BCUT2D eigenvalue weighted by molar-refractivity contribution is -0.115. The van der Waals surface area contributed by atoms with Crippen LogP contribution in [0.25, 0.3) is 11.4 Å². The van der Waals surface area contributed by atoms with Crippen molar-refractivity contribution in [1.29, 1.82) is 0 Å². The number of primary amides is 1. The molecule has 0 spiro atoms. The van der Waals surface area contributed by atoms with Gasteiger partial charge in [-0.2, -0.15) is 0 Å². The molecular weight excluding hydrogens is 286 g/mol. The zero-order valence-electron chi connectivity index (χ0n) is 12.3. The molecular formula is C14H19N5OS. The van der Waals surface area contributed by atoms with Crippen LogP contribution in [0.5, 0.6) is 0 Å². The van der Waals surface area contributed by atoms with Gasteiger partial charge in [0.1, 0.15) is 0 Å². The molecule has 0 aliphatic rings. The van der Waals surface area contributed by atoms with Gasteiger partial charge in [0.2, 0.25) is 11.1 Å². The summed E-state index contributed by atoms with van der Waals surface area (Å²) in [6.07, 6.45) is 0. The predicted octanol–water partition coefficient (Wildman–Crippen LogP) is 1.53. The van der Waals surface area contributed by atoms with Crippen molar-refractivity contribution in [3.05, 3.63) is 29.8 Å². The minimum absolute atomic E-state index is 0.0947. The molecule has 1 aromatic heterocycles. The molecule has 1 heterocycles. The summed E-state index contributed by atoms with van der Waals surface area (Å²) in [7, 11) is 0. The van der Waals surface area contributed by atoms with Gasteiger partial charge in [0.05, 0.1) is 5.75 Å². The topological polar surface area (TPSA) is 99.8 Å². The third kappa shape index (κ3) is 3.55. The molecule has 1 amide bonds. The Kier molecular flexibility index (Phi) is 4.22. The highest BCUT2D eigenvalue weighted by molar-refractivity contribution is 7.99. The van der Waals surface area contributed by atoms with E-state index in [1.165, 1.54) is 22.0 Å². The number of nitrogen functional groups attached to an aromatic ring is 1. The van der Waals surface area contributed by atoms with E-state index in [1.54, 1.807) is 0 Å². The first-order valence-electron chi connectivity index (χ1n) is 6.51. The van der Waals surface area contributed by atoms with E-state index in [0.29, 0.717) is 11.0 Å². The molecule has 0 fully saturated rings. The zero-order chi connectivity index (χ0) is 15.6. The van der Waals surface area contributed by atoms with E-state index < -0.39 is 5.91 Å². The Morgan fingerprint density at radius 2 is 1.86 bits per heavy atom. The number of benzene rings is 1. The Morgan fingerprint density at radius 3 is 2.38 bits per heavy atom. The maximum absolute atomic E-state index is 10.8. The van der Waals surface area contributed by atoms with Crippen molar-refractivity contribution < 1.29 is 4.79 Å². The summed E-state index contributed by atoms with van der Waals surface area (Å²) in [4.78, 5) is 10.8. The normalized spacial score (nSPS) is 11.6. The smallest absolute Gasteiger partial charge is 0.227 e. The number of hydrogen-bond acceptors (Lipinski definition) is 5. The van der Waals surface area contributed by atoms with Crippen molar-refractivity contribution in [2.45, 2.75) is 31.3 Å². The van der Waals surface area contributed by atoms with Crippen molar-refractivity contribution in [3.8, 4) is 11.4 Å². The molecule has 7 heteroatoms. The highest BCUT2D eigenvalue weighted by Crippen LogP contribution is 2.26. The van der Waals surface area contributed by atoms with Crippen molar-refractivity contribution in [3.63, 3.8) is 0 Å². The number of carbonyl (C=O) groups is 1. The minimum atomic E-state index is -0.418. The van der Waals surface area contributed by atoms with Crippen molar-refractivity contribution >= 4 is 17.7 Å². The Bertz CT molecular complexity index is 642. The monoisotopic (exact) mass is 305 g/mol. The van der Waals surface area contributed by atoms with Crippen LogP contribution in [0.1, 0.15) is 26.3 Å². The molecule has 112 valence electrons. The van der Waals surface area contributed by atoms with Gasteiger partial charge < -0.3 is 11.6 Å². The van der Waals surface area contributed by atoms with E-state index in [4.69, 9.17) is 11.6 Å². The molecule has 6 nitrogen and oxygen atoms in total. The van der Waals surface area contributed by atoms with E-state index in [2.05, 4.69) is 43.1 Å². The molecule has 21 heavy (non-hydrogen) atoms. The first-order valence-corrected chi connectivity index (χ1v) is 7.50. The van der Waals surface area contributed by atoms with Crippen LogP contribution < -0.4 is 11.6 Å². The quantitative estimate of drug-likeness (QED) is 0.659. The number of carbonyl (C=O) groups excluding carboxylic acids is 1. The lowest BCUT2D eigenvalue weighted by Gasteiger charge is -2.19. The zero-order valence-corrected chi connectivity index (χ0v) is 13.1. The largest absolute Gasteiger partial charge is 0.369 e. The van der Waals surface area contributed by atoms with Gasteiger partial charge >= 0.3 is 0 Å². The van der Waals surface area contributed by atoms with Crippen molar-refractivity contribution in [1.82, 2.24) is 14.9 Å². The van der Waals surface area contributed by atoms with Crippen LogP contribution in [0.2, 0.25) is 0 Å². The highest BCUT2D eigenvalue weighted by atomic mass is 32.2. The summed E-state index contributed by atoms with van der Waals surface area (Å²) in [5, 5.41) is 8.51. The number of aromatic nitrogens is 3. The van der Waals surface area contributed by atoms with E-state index in [0.717, 1.165) is 5.56 Å². The molecule has 4 N–H and O–H groups in total. The Balaban J connectivity index is 2.24. The predicted molar refractivity (Wildman–Crippen MR) is 84.2 cm³/mol. The minimum Gasteiger partial charge on any atom is -0.369 e. The number of hydrogen-bond donors (Lipinski definition) is 2. The summed E-state index contributed by atoms with van der Waals surface area (Å²) in [6.45, 7) is 6.48.